The third kappa shape index (κ3) is 4.64. The summed E-state index contributed by atoms with van der Waals surface area (Å²) in [5, 5.41) is 1.08. The van der Waals surface area contributed by atoms with Gasteiger partial charge >= 0.3 is 0 Å². The topological polar surface area (TPSA) is 49.3 Å². The van der Waals surface area contributed by atoms with Crippen molar-refractivity contribution < 1.29 is 4.79 Å². The normalized spacial score (nSPS) is 14.0. The summed E-state index contributed by atoms with van der Waals surface area (Å²) in [6, 6.07) is 9.53. The smallest absolute Gasteiger partial charge is 0.253 e. The number of carbonyl (C=O) groups excluding carboxylic acids is 1. The van der Waals surface area contributed by atoms with Gasteiger partial charge < -0.3 is 9.80 Å². The van der Waals surface area contributed by atoms with Gasteiger partial charge in [0, 0.05) is 44.6 Å². The second-order valence-electron chi connectivity index (χ2n) is 6.21. The molecule has 0 bridgehead atoms. The molecule has 0 atom stereocenters. The first-order chi connectivity index (χ1) is 12.0. The average molecular weight is 377 g/mol. The maximum atomic E-state index is 12.4. The molecule has 3 rings (SSSR count). The van der Waals surface area contributed by atoms with Gasteiger partial charge in [-0.2, -0.15) is 0 Å². The molecular formula is C18H21ClN4OS. The lowest BCUT2D eigenvalue weighted by atomic mass is 10.1. The van der Waals surface area contributed by atoms with Crippen molar-refractivity contribution in [2.75, 3.05) is 32.1 Å². The second kappa shape index (κ2) is 8.06. The zero-order valence-corrected chi connectivity index (χ0v) is 16.0. The Hall–Kier alpha value is -1.79. The van der Waals surface area contributed by atoms with Gasteiger partial charge in [-0.05, 0) is 30.5 Å². The van der Waals surface area contributed by atoms with Crippen LogP contribution in [0.3, 0.4) is 0 Å². The first-order valence-corrected chi connectivity index (χ1v) is 9.62. The Kier molecular flexibility index (Phi) is 5.81. The van der Waals surface area contributed by atoms with Crippen molar-refractivity contribution in [2.45, 2.75) is 23.8 Å². The van der Waals surface area contributed by atoms with Crippen molar-refractivity contribution in [1.82, 2.24) is 14.9 Å². The fourth-order valence-corrected chi connectivity index (χ4v) is 3.71. The molecule has 0 saturated carbocycles. The minimum Gasteiger partial charge on any atom is -0.363 e. The number of amides is 1. The van der Waals surface area contributed by atoms with Crippen LogP contribution in [0.2, 0.25) is 5.15 Å². The third-order valence-electron chi connectivity index (χ3n) is 4.08. The molecule has 132 valence electrons. The van der Waals surface area contributed by atoms with E-state index >= 15 is 0 Å². The van der Waals surface area contributed by atoms with Gasteiger partial charge in [0.25, 0.3) is 5.91 Å². The van der Waals surface area contributed by atoms with Crippen LogP contribution in [0.4, 0.5) is 5.82 Å². The van der Waals surface area contributed by atoms with Gasteiger partial charge in [0.1, 0.15) is 11.0 Å². The number of nitrogens with zero attached hydrogens (tertiary/aromatic N) is 4. The quantitative estimate of drug-likeness (QED) is 0.452. The molecule has 1 saturated heterocycles. The summed E-state index contributed by atoms with van der Waals surface area (Å²) >= 11 is 7.59. The summed E-state index contributed by atoms with van der Waals surface area (Å²) in [7, 11) is 3.84. The van der Waals surface area contributed by atoms with Gasteiger partial charge in [0.05, 0.1) is 0 Å². The summed E-state index contributed by atoms with van der Waals surface area (Å²) < 4.78 is 0. The number of hydrogen-bond acceptors (Lipinski definition) is 5. The Morgan fingerprint density at radius 2 is 1.88 bits per heavy atom. The van der Waals surface area contributed by atoms with E-state index in [1.54, 1.807) is 6.07 Å². The molecule has 25 heavy (non-hydrogen) atoms. The van der Waals surface area contributed by atoms with Crippen molar-refractivity contribution in [2.24, 2.45) is 0 Å². The molecule has 1 aromatic carbocycles. The lowest BCUT2D eigenvalue weighted by Crippen LogP contribution is -2.27. The Morgan fingerprint density at radius 1 is 1.20 bits per heavy atom. The number of halogens is 1. The highest BCUT2D eigenvalue weighted by atomic mass is 35.5. The van der Waals surface area contributed by atoms with Crippen molar-refractivity contribution in [3.05, 3.63) is 46.6 Å². The molecule has 2 aromatic rings. The Balaban J connectivity index is 1.63. The standard InChI is InChI=1S/C18H21ClN4OS/c1-22(2)16-11-15(19)20-18(21-16)25-12-13-5-7-14(8-6-13)17(24)23-9-3-4-10-23/h5-8,11H,3-4,9-10,12H2,1-2H3. The number of thioether (sulfide) groups is 1. The van der Waals surface area contributed by atoms with Crippen LogP contribution in [-0.2, 0) is 5.75 Å². The summed E-state index contributed by atoms with van der Waals surface area (Å²) in [6.07, 6.45) is 2.21. The highest BCUT2D eigenvalue weighted by Gasteiger charge is 2.19. The highest BCUT2D eigenvalue weighted by molar-refractivity contribution is 7.98. The maximum Gasteiger partial charge on any atom is 0.253 e. The molecule has 2 heterocycles. The van der Waals surface area contributed by atoms with Gasteiger partial charge in [0.2, 0.25) is 0 Å². The Morgan fingerprint density at radius 3 is 2.52 bits per heavy atom. The van der Waals surface area contributed by atoms with Gasteiger partial charge in [-0.3, -0.25) is 4.79 Å². The number of likely N-dealkylation sites (tertiary alicyclic amines) is 1. The maximum absolute atomic E-state index is 12.4. The predicted octanol–water partition coefficient (Wildman–Crippen LogP) is 3.72. The summed E-state index contributed by atoms with van der Waals surface area (Å²) in [5.41, 5.74) is 1.88. The molecule has 1 amide bonds. The number of hydrogen-bond donors (Lipinski definition) is 0. The molecule has 1 fully saturated rings. The van der Waals surface area contributed by atoms with E-state index in [9.17, 15) is 4.79 Å². The molecule has 7 heteroatoms. The zero-order chi connectivity index (χ0) is 17.8. The molecule has 0 unspecified atom stereocenters. The number of benzene rings is 1. The van der Waals surface area contributed by atoms with E-state index < -0.39 is 0 Å². The van der Waals surface area contributed by atoms with Gasteiger partial charge in [-0.1, -0.05) is 35.5 Å². The number of carbonyl (C=O) groups is 1. The first-order valence-electron chi connectivity index (χ1n) is 8.26. The van der Waals surface area contributed by atoms with Crippen LogP contribution in [0.1, 0.15) is 28.8 Å². The molecule has 0 aliphatic carbocycles. The molecule has 0 radical (unpaired) electrons. The van der Waals surface area contributed by atoms with Crippen LogP contribution >= 0.6 is 23.4 Å². The number of anilines is 1. The SMILES string of the molecule is CN(C)c1cc(Cl)nc(SCc2ccc(C(=O)N3CCCC3)cc2)n1. The first kappa shape index (κ1) is 18.0. The van der Waals surface area contributed by atoms with Crippen LogP contribution < -0.4 is 4.90 Å². The van der Waals surface area contributed by atoms with E-state index in [1.165, 1.54) is 11.8 Å². The van der Waals surface area contributed by atoms with E-state index in [0.29, 0.717) is 10.3 Å². The summed E-state index contributed by atoms with van der Waals surface area (Å²) in [6.45, 7) is 1.74. The van der Waals surface area contributed by atoms with E-state index in [1.807, 2.05) is 48.2 Å². The van der Waals surface area contributed by atoms with Crippen LogP contribution in [0.15, 0.2) is 35.5 Å². The lowest BCUT2D eigenvalue weighted by molar-refractivity contribution is 0.0793. The van der Waals surface area contributed by atoms with E-state index in [-0.39, 0.29) is 5.91 Å². The molecule has 1 aromatic heterocycles. The minimum absolute atomic E-state index is 0.130. The van der Waals surface area contributed by atoms with Gasteiger partial charge in [-0.25, -0.2) is 9.97 Å². The van der Waals surface area contributed by atoms with E-state index in [0.717, 1.165) is 48.6 Å². The largest absolute Gasteiger partial charge is 0.363 e. The Bertz CT molecular complexity index is 745. The van der Waals surface area contributed by atoms with Gasteiger partial charge in [0.15, 0.2) is 5.16 Å². The average Bonchev–Trinajstić information content (AvgIpc) is 3.14. The molecule has 0 spiro atoms. The van der Waals surface area contributed by atoms with Crippen molar-refractivity contribution in [3.8, 4) is 0 Å². The van der Waals surface area contributed by atoms with E-state index in [2.05, 4.69) is 9.97 Å². The number of rotatable bonds is 5. The van der Waals surface area contributed by atoms with Crippen molar-refractivity contribution >= 4 is 35.1 Å². The zero-order valence-electron chi connectivity index (χ0n) is 14.4. The molecular weight excluding hydrogens is 356 g/mol. The fourth-order valence-electron chi connectivity index (χ4n) is 2.67. The van der Waals surface area contributed by atoms with E-state index in [4.69, 9.17) is 11.6 Å². The predicted molar refractivity (Wildman–Crippen MR) is 103 cm³/mol. The highest BCUT2D eigenvalue weighted by Crippen LogP contribution is 2.24. The molecule has 1 aliphatic rings. The van der Waals surface area contributed by atoms with Gasteiger partial charge in [-0.15, -0.1) is 0 Å². The van der Waals surface area contributed by atoms with Crippen LogP contribution in [-0.4, -0.2) is 48.0 Å². The van der Waals surface area contributed by atoms with Crippen LogP contribution in [0, 0.1) is 0 Å². The van der Waals surface area contributed by atoms with Crippen LogP contribution in [0.25, 0.3) is 0 Å². The summed E-state index contributed by atoms with van der Waals surface area (Å²) in [5.74, 6) is 1.64. The molecule has 5 nitrogen and oxygen atoms in total. The lowest BCUT2D eigenvalue weighted by Gasteiger charge is -2.15. The number of aromatic nitrogens is 2. The minimum atomic E-state index is 0.130. The van der Waals surface area contributed by atoms with Crippen molar-refractivity contribution in [1.29, 1.82) is 0 Å². The summed E-state index contributed by atoms with van der Waals surface area (Å²) in [4.78, 5) is 24.9. The monoisotopic (exact) mass is 376 g/mol. The molecule has 0 N–H and O–H groups in total. The van der Waals surface area contributed by atoms with Crippen molar-refractivity contribution in [3.63, 3.8) is 0 Å². The Labute approximate surface area is 157 Å². The third-order valence-corrected chi connectivity index (χ3v) is 5.19. The fraction of sp³-hybridized carbons (Fsp3) is 0.389. The molecule has 1 aliphatic heterocycles. The second-order valence-corrected chi connectivity index (χ2v) is 7.54. The van der Waals surface area contributed by atoms with Crippen LogP contribution in [0.5, 0.6) is 0 Å².